The molecule has 11 heavy (non-hydrogen) atoms. The summed E-state index contributed by atoms with van der Waals surface area (Å²) in [5.41, 5.74) is 0.538. The van der Waals surface area contributed by atoms with Crippen molar-refractivity contribution in [3.8, 4) is 5.75 Å². The summed E-state index contributed by atoms with van der Waals surface area (Å²) in [6.45, 7) is 6.79. The zero-order valence-electron chi connectivity index (χ0n) is 5.97. The fourth-order valence-corrected chi connectivity index (χ4v) is 1.08. The van der Waals surface area contributed by atoms with Crippen LogP contribution in [0.2, 0.25) is 0 Å². The lowest BCUT2D eigenvalue weighted by Gasteiger charge is -2.01. The molecular weight excluding hydrogens is 206 g/mol. The van der Waals surface area contributed by atoms with Crippen molar-refractivity contribution in [3.05, 3.63) is 34.1 Å². The molecule has 56 valence electrons. The van der Waals surface area contributed by atoms with Crippen molar-refractivity contribution in [1.82, 2.24) is 0 Å². The van der Waals surface area contributed by atoms with E-state index in [0.717, 1.165) is 4.47 Å². The van der Waals surface area contributed by atoms with E-state index in [-0.39, 0.29) is 0 Å². The van der Waals surface area contributed by atoms with Gasteiger partial charge in [-0.05, 0) is 6.07 Å². The highest BCUT2D eigenvalue weighted by Gasteiger charge is 2.00. The fraction of sp³-hybridized carbons (Fsp3) is 0.125. The smallest absolute Gasteiger partial charge is 0.228 e. The molecule has 2 nitrogen and oxygen atoms in total. The zero-order valence-corrected chi connectivity index (χ0v) is 7.55. The zero-order chi connectivity index (χ0) is 8.27. The number of methoxy groups -OCH3 is 1. The Morgan fingerprint density at radius 3 is 2.82 bits per heavy atom. The van der Waals surface area contributed by atoms with Gasteiger partial charge in [-0.25, -0.2) is 4.85 Å². The van der Waals surface area contributed by atoms with E-state index in [1.807, 2.05) is 6.07 Å². The van der Waals surface area contributed by atoms with Crippen molar-refractivity contribution in [2.75, 3.05) is 7.11 Å². The molecule has 0 fully saturated rings. The summed E-state index contributed by atoms with van der Waals surface area (Å²) >= 11 is 3.28. The summed E-state index contributed by atoms with van der Waals surface area (Å²) in [5.74, 6) is 0.606. The number of hydrogen-bond acceptors (Lipinski definition) is 1. The monoisotopic (exact) mass is 211 g/mol. The van der Waals surface area contributed by atoms with Crippen LogP contribution in [0.5, 0.6) is 5.75 Å². The average molecular weight is 212 g/mol. The lowest BCUT2D eigenvalue weighted by Crippen LogP contribution is -1.81. The van der Waals surface area contributed by atoms with Crippen molar-refractivity contribution in [1.29, 1.82) is 0 Å². The molecule has 1 aromatic rings. The molecular formula is C8H6BrNO. The lowest BCUT2D eigenvalue weighted by molar-refractivity contribution is 0.417. The summed E-state index contributed by atoms with van der Waals surface area (Å²) in [6.07, 6.45) is 0. The van der Waals surface area contributed by atoms with Gasteiger partial charge in [0.1, 0.15) is 5.75 Å². The quantitative estimate of drug-likeness (QED) is 0.652. The normalized spacial score (nSPS) is 8.82. The van der Waals surface area contributed by atoms with Crippen LogP contribution < -0.4 is 4.74 Å². The second-order valence-electron chi connectivity index (χ2n) is 1.93. The minimum atomic E-state index is 0.538. The number of rotatable bonds is 1. The van der Waals surface area contributed by atoms with E-state index in [1.54, 1.807) is 19.2 Å². The molecule has 0 radical (unpaired) electrons. The van der Waals surface area contributed by atoms with E-state index >= 15 is 0 Å². The van der Waals surface area contributed by atoms with Crippen LogP contribution in [-0.2, 0) is 0 Å². The number of halogens is 1. The number of nitrogens with zero attached hydrogens (tertiary/aromatic N) is 1. The molecule has 0 aliphatic heterocycles. The number of ether oxygens (including phenoxy) is 1. The first-order valence-electron chi connectivity index (χ1n) is 2.99. The Morgan fingerprint density at radius 2 is 2.27 bits per heavy atom. The van der Waals surface area contributed by atoms with Gasteiger partial charge in [-0.2, -0.15) is 0 Å². The van der Waals surface area contributed by atoms with Crippen LogP contribution in [0.4, 0.5) is 5.69 Å². The summed E-state index contributed by atoms with van der Waals surface area (Å²) in [7, 11) is 1.55. The maximum Gasteiger partial charge on any atom is 0.228 e. The third-order valence-electron chi connectivity index (χ3n) is 1.26. The molecule has 3 heteroatoms. The van der Waals surface area contributed by atoms with Crippen molar-refractivity contribution < 1.29 is 4.74 Å². The Kier molecular flexibility index (Phi) is 2.50. The van der Waals surface area contributed by atoms with Gasteiger partial charge in [-0.1, -0.05) is 28.1 Å². The molecule has 0 aliphatic carbocycles. The third kappa shape index (κ3) is 1.72. The molecule has 0 atom stereocenters. The van der Waals surface area contributed by atoms with Gasteiger partial charge in [0.25, 0.3) is 0 Å². The highest BCUT2D eigenvalue weighted by atomic mass is 79.9. The average Bonchev–Trinajstić information content (AvgIpc) is 2.04. The fourth-order valence-electron chi connectivity index (χ4n) is 0.744. The van der Waals surface area contributed by atoms with Crippen LogP contribution in [-0.4, -0.2) is 7.11 Å². The Bertz CT molecular complexity index is 303. The van der Waals surface area contributed by atoms with Gasteiger partial charge in [0, 0.05) is 4.47 Å². The van der Waals surface area contributed by atoms with Gasteiger partial charge in [0.05, 0.1) is 13.7 Å². The van der Waals surface area contributed by atoms with E-state index in [0.29, 0.717) is 11.4 Å². The second kappa shape index (κ2) is 3.40. The van der Waals surface area contributed by atoms with Gasteiger partial charge in [0.2, 0.25) is 5.69 Å². The van der Waals surface area contributed by atoms with Crippen molar-refractivity contribution in [2.24, 2.45) is 0 Å². The summed E-state index contributed by atoms with van der Waals surface area (Å²) in [5, 5.41) is 0. The van der Waals surface area contributed by atoms with Gasteiger partial charge >= 0.3 is 0 Å². The molecule has 0 saturated carbocycles. The first kappa shape index (κ1) is 8.09. The summed E-state index contributed by atoms with van der Waals surface area (Å²) in [6, 6.07) is 5.30. The van der Waals surface area contributed by atoms with Crippen LogP contribution in [0.25, 0.3) is 4.85 Å². The SMILES string of the molecule is [C-]#[N+]c1ccc(Br)cc1OC. The maximum atomic E-state index is 6.79. The van der Waals surface area contributed by atoms with Crippen molar-refractivity contribution in [2.45, 2.75) is 0 Å². The maximum absolute atomic E-state index is 6.79. The van der Waals surface area contributed by atoms with Crippen LogP contribution in [0.3, 0.4) is 0 Å². The van der Waals surface area contributed by atoms with Crippen molar-refractivity contribution in [3.63, 3.8) is 0 Å². The van der Waals surface area contributed by atoms with E-state index in [9.17, 15) is 0 Å². The van der Waals surface area contributed by atoms with Crippen LogP contribution in [0.15, 0.2) is 22.7 Å². The minimum absolute atomic E-state index is 0.538. The Hall–Kier alpha value is -1.01. The molecule has 1 aromatic carbocycles. The standard InChI is InChI=1S/C8H6BrNO/c1-10-7-4-3-6(9)5-8(7)11-2/h3-5H,2H3. The number of hydrogen-bond donors (Lipinski definition) is 0. The van der Waals surface area contributed by atoms with Gasteiger partial charge in [-0.3, -0.25) is 0 Å². The third-order valence-corrected chi connectivity index (χ3v) is 1.76. The summed E-state index contributed by atoms with van der Waals surface area (Å²) < 4.78 is 5.89. The Labute approximate surface area is 73.7 Å². The topological polar surface area (TPSA) is 13.6 Å². The van der Waals surface area contributed by atoms with Crippen LogP contribution >= 0.6 is 15.9 Å². The van der Waals surface area contributed by atoms with E-state index < -0.39 is 0 Å². The molecule has 0 unspecified atom stereocenters. The molecule has 1 rings (SSSR count). The highest BCUT2D eigenvalue weighted by molar-refractivity contribution is 9.10. The van der Waals surface area contributed by atoms with E-state index in [1.165, 1.54) is 0 Å². The molecule has 0 aromatic heterocycles. The second-order valence-corrected chi connectivity index (χ2v) is 2.84. The molecule has 0 amide bonds. The predicted octanol–water partition coefficient (Wildman–Crippen LogP) is 3.01. The first-order chi connectivity index (χ1) is 5.27. The molecule has 0 spiro atoms. The molecule has 0 heterocycles. The Balaban J connectivity index is 3.19. The van der Waals surface area contributed by atoms with E-state index in [4.69, 9.17) is 11.3 Å². The lowest BCUT2D eigenvalue weighted by atomic mass is 10.3. The molecule has 0 N–H and O–H groups in total. The van der Waals surface area contributed by atoms with E-state index in [2.05, 4.69) is 20.8 Å². The van der Waals surface area contributed by atoms with Gasteiger partial charge in [-0.15, -0.1) is 0 Å². The summed E-state index contributed by atoms with van der Waals surface area (Å²) in [4.78, 5) is 3.29. The minimum Gasteiger partial charge on any atom is -0.508 e. The van der Waals surface area contributed by atoms with Crippen molar-refractivity contribution >= 4 is 21.6 Å². The largest absolute Gasteiger partial charge is 0.508 e. The molecule has 0 aliphatic rings. The Morgan fingerprint density at radius 1 is 1.55 bits per heavy atom. The molecule has 0 bridgehead atoms. The number of benzene rings is 1. The van der Waals surface area contributed by atoms with Gasteiger partial charge in [0.15, 0.2) is 0 Å². The molecule has 0 saturated heterocycles. The van der Waals surface area contributed by atoms with Crippen LogP contribution in [0, 0.1) is 6.57 Å². The first-order valence-corrected chi connectivity index (χ1v) is 3.78. The van der Waals surface area contributed by atoms with Gasteiger partial charge < -0.3 is 4.74 Å². The predicted molar refractivity (Wildman–Crippen MR) is 47.0 cm³/mol. The van der Waals surface area contributed by atoms with Crippen LogP contribution in [0.1, 0.15) is 0 Å². The highest BCUT2D eigenvalue weighted by Crippen LogP contribution is 2.29.